The highest BCUT2D eigenvalue weighted by Crippen LogP contribution is 2.05. The first-order valence-electron chi connectivity index (χ1n) is 5.85. The van der Waals surface area contributed by atoms with Crippen LogP contribution >= 0.6 is 0 Å². The van der Waals surface area contributed by atoms with Crippen molar-refractivity contribution in [1.29, 1.82) is 0 Å². The molecule has 0 saturated carbocycles. The molecule has 0 heterocycles. The number of carbonyl (C=O) groups excluding carboxylic acids is 1. The molecule has 17 heavy (non-hydrogen) atoms. The van der Waals surface area contributed by atoms with E-state index >= 15 is 0 Å². The van der Waals surface area contributed by atoms with Crippen molar-refractivity contribution in [3.05, 3.63) is 0 Å². The maximum atomic E-state index is 11.7. The van der Waals surface area contributed by atoms with Crippen LogP contribution in [-0.2, 0) is 14.6 Å². The fourth-order valence-electron chi connectivity index (χ4n) is 1.41. The van der Waals surface area contributed by atoms with Crippen molar-refractivity contribution in [3.63, 3.8) is 0 Å². The van der Waals surface area contributed by atoms with Gasteiger partial charge in [-0.05, 0) is 12.8 Å². The average molecular weight is 264 g/mol. The van der Waals surface area contributed by atoms with Crippen molar-refractivity contribution in [1.82, 2.24) is 4.90 Å². The van der Waals surface area contributed by atoms with E-state index in [9.17, 15) is 13.2 Å². The van der Waals surface area contributed by atoms with Crippen molar-refractivity contribution >= 4 is 15.7 Å². The van der Waals surface area contributed by atoms with Gasteiger partial charge in [0.15, 0.2) is 9.84 Å². The van der Waals surface area contributed by atoms with E-state index in [4.69, 9.17) is 5.73 Å². The second kappa shape index (κ2) is 6.96. The maximum absolute atomic E-state index is 11.7. The number of carbonyl (C=O) groups is 1. The lowest BCUT2D eigenvalue weighted by Crippen LogP contribution is -2.40. The third-order valence-corrected chi connectivity index (χ3v) is 4.61. The standard InChI is InChI=1S/C11H24N2O3S/c1-9(2)8-17(15,16)6-5-11(14)13(4)10(3)7-12/h9-10H,5-8,12H2,1-4H3. The summed E-state index contributed by atoms with van der Waals surface area (Å²) in [5.41, 5.74) is 5.45. The Balaban J connectivity index is 4.25. The van der Waals surface area contributed by atoms with E-state index in [0.717, 1.165) is 0 Å². The molecule has 0 aliphatic carbocycles. The highest BCUT2D eigenvalue weighted by atomic mass is 32.2. The van der Waals surface area contributed by atoms with Gasteiger partial charge in [-0.25, -0.2) is 8.42 Å². The summed E-state index contributed by atoms with van der Waals surface area (Å²) < 4.78 is 23.2. The molecule has 1 amide bonds. The molecule has 0 saturated heterocycles. The number of hydrogen-bond donors (Lipinski definition) is 1. The minimum absolute atomic E-state index is 0.0376. The van der Waals surface area contributed by atoms with E-state index in [1.165, 1.54) is 4.90 Å². The molecule has 5 nitrogen and oxygen atoms in total. The van der Waals surface area contributed by atoms with Crippen molar-refractivity contribution in [2.45, 2.75) is 33.2 Å². The molecule has 0 aromatic rings. The fraction of sp³-hybridized carbons (Fsp3) is 0.909. The van der Waals surface area contributed by atoms with Crippen LogP contribution in [-0.4, -0.2) is 50.4 Å². The van der Waals surface area contributed by atoms with Gasteiger partial charge in [0.05, 0.1) is 11.5 Å². The zero-order chi connectivity index (χ0) is 13.6. The molecule has 102 valence electrons. The lowest BCUT2D eigenvalue weighted by molar-refractivity contribution is -0.131. The first-order chi connectivity index (χ1) is 7.69. The topological polar surface area (TPSA) is 80.5 Å². The van der Waals surface area contributed by atoms with E-state index in [1.807, 2.05) is 20.8 Å². The molecule has 0 rings (SSSR count). The molecule has 1 unspecified atom stereocenters. The molecule has 6 heteroatoms. The van der Waals surface area contributed by atoms with Crippen LogP contribution in [0.1, 0.15) is 27.2 Å². The first kappa shape index (κ1) is 16.4. The second-order valence-electron chi connectivity index (χ2n) is 4.85. The monoisotopic (exact) mass is 264 g/mol. The summed E-state index contributed by atoms with van der Waals surface area (Å²) in [6.07, 6.45) is 0.0376. The molecular formula is C11H24N2O3S. The number of likely N-dealkylation sites (N-methyl/N-ethyl adjacent to an activating group) is 1. The summed E-state index contributed by atoms with van der Waals surface area (Å²) in [7, 11) is -1.47. The van der Waals surface area contributed by atoms with Crippen LogP contribution in [0.5, 0.6) is 0 Å². The molecule has 1 atom stereocenters. The Morgan fingerprint density at radius 2 is 1.82 bits per heavy atom. The predicted octanol–water partition coefficient (Wildman–Crippen LogP) is 0.253. The van der Waals surface area contributed by atoms with E-state index in [0.29, 0.717) is 6.54 Å². The normalized spacial score (nSPS) is 13.8. The van der Waals surface area contributed by atoms with Gasteiger partial charge in [-0.1, -0.05) is 13.8 Å². The lowest BCUT2D eigenvalue weighted by Gasteiger charge is -2.23. The van der Waals surface area contributed by atoms with Crippen LogP contribution < -0.4 is 5.73 Å². The molecule has 0 spiro atoms. The SMILES string of the molecule is CC(C)CS(=O)(=O)CCC(=O)N(C)C(C)CN. The van der Waals surface area contributed by atoms with Gasteiger partial charge >= 0.3 is 0 Å². The number of amides is 1. The minimum atomic E-state index is -3.12. The highest BCUT2D eigenvalue weighted by molar-refractivity contribution is 7.91. The van der Waals surface area contributed by atoms with Crippen LogP contribution in [0.15, 0.2) is 0 Å². The molecule has 0 aromatic heterocycles. The van der Waals surface area contributed by atoms with Gasteiger partial charge in [0.2, 0.25) is 5.91 Å². The van der Waals surface area contributed by atoms with Crippen LogP contribution in [0, 0.1) is 5.92 Å². The Morgan fingerprint density at radius 1 is 1.29 bits per heavy atom. The molecular weight excluding hydrogens is 240 g/mol. The summed E-state index contributed by atoms with van der Waals surface area (Å²) >= 11 is 0. The van der Waals surface area contributed by atoms with Crippen LogP contribution in [0.25, 0.3) is 0 Å². The van der Waals surface area contributed by atoms with Gasteiger partial charge in [0.1, 0.15) is 0 Å². The van der Waals surface area contributed by atoms with Crippen molar-refractivity contribution < 1.29 is 13.2 Å². The molecule has 0 fully saturated rings. The Labute approximate surface area is 104 Å². The van der Waals surface area contributed by atoms with E-state index < -0.39 is 9.84 Å². The number of sulfone groups is 1. The Hall–Kier alpha value is -0.620. The van der Waals surface area contributed by atoms with Gasteiger partial charge < -0.3 is 10.6 Å². The minimum Gasteiger partial charge on any atom is -0.342 e. The molecule has 0 radical (unpaired) electrons. The van der Waals surface area contributed by atoms with Gasteiger partial charge in [-0.2, -0.15) is 0 Å². The maximum Gasteiger partial charge on any atom is 0.223 e. The third kappa shape index (κ3) is 6.63. The van der Waals surface area contributed by atoms with Crippen LogP contribution in [0.3, 0.4) is 0 Å². The Morgan fingerprint density at radius 3 is 2.24 bits per heavy atom. The third-order valence-electron chi connectivity index (χ3n) is 2.61. The summed E-state index contributed by atoms with van der Waals surface area (Å²) in [6, 6.07) is -0.0599. The van der Waals surface area contributed by atoms with E-state index in [2.05, 4.69) is 0 Å². The average Bonchev–Trinajstić information content (AvgIpc) is 2.22. The summed E-state index contributed by atoms with van der Waals surface area (Å²) in [6.45, 7) is 5.91. The quantitative estimate of drug-likeness (QED) is 0.715. The number of hydrogen-bond acceptors (Lipinski definition) is 4. The Bertz CT molecular complexity index is 339. The van der Waals surface area contributed by atoms with Crippen molar-refractivity contribution in [2.75, 3.05) is 25.1 Å². The molecule has 0 aliphatic heterocycles. The molecule has 0 bridgehead atoms. The second-order valence-corrected chi connectivity index (χ2v) is 7.08. The molecule has 0 aliphatic rings. The van der Waals surface area contributed by atoms with Gasteiger partial charge in [-0.15, -0.1) is 0 Å². The smallest absolute Gasteiger partial charge is 0.223 e. The predicted molar refractivity (Wildman–Crippen MR) is 69.4 cm³/mol. The van der Waals surface area contributed by atoms with E-state index in [1.54, 1.807) is 7.05 Å². The number of nitrogens with two attached hydrogens (primary N) is 1. The summed E-state index contributed by atoms with van der Waals surface area (Å²) in [5, 5.41) is 0. The van der Waals surface area contributed by atoms with Crippen molar-refractivity contribution in [3.8, 4) is 0 Å². The van der Waals surface area contributed by atoms with E-state index in [-0.39, 0.29) is 35.8 Å². The lowest BCUT2D eigenvalue weighted by atomic mass is 10.3. The van der Waals surface area contributed by atoms with Crippen LogP contribution in [0.4, 0.5) is 0 Å². The number of nitrogens with zero attached hydrogens (tertiary/aromatic N) is 1. The fourth-order valence-corrected chi connectivity index (χ4v) is 3.08. The number of rotatable bonds is 7. The zero-order valence-electron chi connectivity index (χ0n) is 11.1. The van der Waals surface area contributed by atoms with Gasteiger partial charge in [0, 0.05) is 26.1 Å². The van der Waals surface area contributed by atoms with Gasteiger partial charge in [-0.3, -0.25) is 4.79 Å². The largest absolute Gasteiger partial charge is 0.342 e. The molecule has 0 aromatic carbocycles. The summed E-state index contributed by atoms with van der Waals surface area (Å²) in [5.74, 6) is -0.0201. The molecule has 2 N–H and O–H groups in total. The Kier molecular flexibility index (Phi) is 6.70. The van der Waals surface area contributed by atoms with Crippen LogP contribution in [0.2, 0.25) is 0 Å². The highest BCUT2D eigenvalue weighted by Gasteiger charge is 2.19. The summed E-state index contributed by atoms with van der Waals surface area (Å²) in [4.78, 5) is 13.2. The van der Waals surface area contributed by atoms with Gasteiger partial charge in [0.25, 0.3) is 0 Å². The first-order valence-corrected chi connectivity index (χ1v) is 7.68. The van der Waals surface area contributed by atoms with Crippen molar-refractivity contribution in [2.24, 2.45) is 11.7 Å². The zero-order valence-corrected chi connectivity index (χ0v) is 12.0.